The van der Waals surface area contributed by atoms with E-state index < -0.39 is 15.3 Å². The lowest BCUT2D eigenvalue weighted by Gasteiger charge is -2.10. The summed E-state index contributed by atoms with van der Waals surface area (Å²) in [6.45, 7) is 3.45. The SMILES string of the molecule is CC(C)S(=O)(=O)NCc1cccc(C(=N)N)c1. The van der Waals surface area contributed by atoms with E-state index in [0.717, 1.165) is 5.56 Å². The molecule has 0 unspecified atom stereocenters. The molecular weight excluding hydrogens is 238 g/mol. The number of nitrogen functional groups attached to an aromatic ring is 1. The Hall–Kier alpha value is -1.40. The first-order chi connectivity index (χ1) is 7.83. The zero-order valence-corrected chi connectivity index (χ0v) is 10.7. The molecule has 0 amide bonds. The highest BCUT2D eigenvalue weighted by Gasteiger charge is 2.14. The first-order valence-electron chi connectivity index (χ1n) is 5.25. The van der Waals surface area contributed by atoms with Crippen molar-refractivity contribution in [3.8, 4) is 0 Å². The molecule has 0 bridgehead atoms. The second-order valence-corrected chi connectivity index (χ2v) is 6.35. The number of hydrogen-bond donors (Lipinski definition) is 3. The van der Waals surface area contributed by atoms with Gasteiger partial charge in [0, 0.05) is 12.1 Å². The normalized spacial score (nSPS) is 11.7. The molecule has 0 heterocycles. The number of nitrogens with two attached hydrogens (primary N) is 1. The zero-order valence-electron chi connectivity index (χ0n) is 9.90. The minimum atomic E-state index is -3.26. The van der Waals surface area contributed by atoms with Crippen molar-refractivity contribution in [1.29, 1.82) is 5.41 Å². The van der Waals surface area contributed by atoms with Crippen molar-refractivity contribution in [2.24, 2.45) is 5.73 Å². The van der Waals surface area contributed by atoms with Crippen molar-refractivity contribution in [2.75, 3.05) is 0 Å². The highest BCUT2D eigenvalue weighted by atomic mass is 32.2. The maximum Gasteiger partial charge on any atom is 0.214 e. The Morgan fingerprint density at radius 2 is 2.12 bits per heavy atom. The Balaban J connectivity index is 2.77. The molecule has 0 atom stereocenters. The molecule has 6 heteroatoms. The molecule has 0 spiro atoms. The van der Waals surface area contributed by atoms with Gasteiger partial charge in [0.1, 0.15) is 5.84 Å². The molecule has 0 fully saturated rings. The van der Waals surface area contributed by atoms with Crippen LogP contribution in [-0.4, -0.2) is 19.5 Å². The second-order valence-electron chi connectivity index (χ2n) is 4.03. The first-order valence-corrected chi connectivity index (χ1v) is 6.79. The molecule has 0 aliphatic rings. The summed E-state index contributed by atoms with van der Waals surface area (Å²) in [6, 6.07) is 6.94. The molecule has 1 rings (SSSR count). The first kappa shape index (κ1) is 13.7. The van der Waals surface area contributed by atoms with E-state index in [2.05, 4.69) is 4.72 Å². The summed E-state index contributed by atoms with van der Waals surface area (Å²) in [7, 11) is -3.26. The Morgan fingerprint density at radius 1 is 1.47 bits per heavy atom. The molecule has 4 N–H and O–H groups in total. The fourth-order valence-electron chi connectivity index (χ4n) is 1.20. The van der Waals surface area contributed by atoms with Crippen LogP contribution in [0.3, 0.4) is 0 Å². The van der Waals surface area contributed by atoms with E-state index in [1.807, 2.05) is 0 Å². The Kier molecular flexibility index (Phi) is 4.25. The van der Waals surface area contributed by atoms with Gasteiger partial charge in [-0.15, -0.1) is 0 Å². The fourth-order valence-corrected chi connectivity index (χ4v) is 1.90. The van der Waals surface area contributed by atoms with Gasteiger partial charge in [0.2, 0.25) is 10.0 Å². The van der Waals surface area contributed by atoms with Crippen molar-refractivity contribution in [3.63, 3.8) is 0 Å². The molecule has 17 heavy (non-hydrogen) atoms. The van der Waals surface area contributed by atoms with Gasteiger partial charge in [-0.25, -0.2) is 13.1 Å². The van der Waals surface area contributed by atoms with Crippen LogP contribution in [0.2, 0.25) is 0 Å². The molecule has 1 aromatic carbocycles. The Labute approximate surface area is 102 Å². The van der Waals surface area contributed by atoms with Crippen LogP contribution in [0.25, 0.3) is 0 Å². The van der Waals surface area contributed by atoms with Crippen molar-refractivity contribution in [3.05, 3.63) is 35.4 Å². The molecule has 0 aliphatic carbocycles. The number of hydrogen-bond acceptors (Lipinski definition) is 3. The monoisotopic (exact) mass is 255 g/mol. The lowest BCUT2D eigenvalue weighted by atomic mass is 10.1. The van der Waals surface area contributed by atoms with Gasteiger partial charge in [0.15, 0.2) is 0 Å². The molecule has 0 aromatic heterocycles. The van der Waals surface area contributed by atoms with Gasteiger partial charge in [-0.05, 0) is 25.5 Å². The standard InChI is InChI=1S/C11H17N3O2S/c1-8(2)17(15,16)14-7-9-4-3-5-10(6-9)11(12)13/h3-6,8,14H,7H2,1-2H3,(H3,12,13). The lowest BCUT2D eigenvalue weighted by Crippen LogP contribution is -2.30. The van der Waals surface area contributed by atoms with Crippen LogP contribution < -0.4 is 10.5 Å². The molecular formula is C11H17N3O2S. The third-order valence-electron chi connectivity index (χ3n) is 2.34. The molecule has 94 valence electrons. The predicted molar refractivity (Wildman–Crippen MR) is 68.4 cm³/mol. The average Bonchev–Trinajstić information content (AvgIpc) is 2.26. The minimum absolute atomic E-state index is 0.0291. The van der Waals surface area contributed by atoms with Crippen molar-refractivity contribution in [1.82, 2.24) is 4.72 Å². The molecule has 0 aliphatic heterocycles. The summed E-state index contributed by atoms with van der Waals surface area (Å²) in [4.78, 5) is 0. The lowest BCUT2D eigenvalue weighted by molar-refractivity contribution is 0.572. The molecule has 1 aromatic rings. The molecule has 0 saturated heterocycles. The van der Waals surface area contributed by atoms with Crippen molar-refractivity contribution >= 4 is 15.9 Å². The summed E-state index contributed by atoms with van der Waals surface area (Å²) in [5.74, 6) is -0.0291. The number of nitrogens with one attached hydrogen (secondary N) is 2. The van der Waals surface area contributed by atoms with E-state index in [4.69, 9.17) is 11.1 Å². The number of benzene rings is 1. The third kappa shape index (κ3) is 3.83. The van der Waals surface area contributed by atoms with Crippen LogP contribution in [0.1, 0.15) is 25.0 Å². The maximum atomic E-state index is 11.5. The molecule has 5 nitrogen and oxygen atoms in total. The van der Waals surface area contributed by atoms with Crippen LogP contribution >= 0.6 is 0 Å². The van der Waals surface area contributed by atoms with Crippen LogP contribution in [0, 0.1) is 5.41 Å². The molecule has 0 saturated carbocycles. The number of rotatable bonds is 5. The Morgan fingerprint density at radius 3 is 2.65 bits per heavy atom. The van der Waals surface area contributed by atoms with Crippen molar-refractivity contribution in [2.45, 2.75) is 25.6 Å². The largest absolute Gasteiger partial charge is 0.384 e. The molecule has 0 radical (unpaired) electrons. The van der Waals surface area contributed by atoms with Gasteiger partial charge in [-0.2, -0.15) is 0 Å². The van der Waals surface area contributed by atoms with E-state index in [1.54, 1.807) is 38.1 Å². The van der Waals surface area contributed by atoms with Crippen LogP contribution in [0.15, 0.2) is 24.3 Å². The summed E-state index contributed by atoms with van der Waals surface area (Å²) in [5.41, 5.74) is 6.73. The smallest absolute Gasteiger partial charge is 0.214 e. The second kappa shape index (κ2) is 5.29. The van der Waals surface area contributed by atoms with Gasteiger partial charge in [-0.1, -0.05) is 18.2 Å². The van der Waals surface area contributed by atoms with E-state index in [9.17, 15) is 8.42 Å². The third-order valence-corrected chi connectivity index (χ3v) is 4.12. The van der Waals surface area contributed by atoms with Crippen LogP contribution in [0.5, 0.6) is 0 Å². The van der Waals surface area contributed by atoms with Gasteiger partial charge < -0.3 is 5.73 Å². The van der Waals surface area contributed by atoms with E-state index in [1.165, 1.54) is 0 Å². The predicted octanol–water partition coefficient (Wildman–Crippen LogP) is 0.798. The van der Waals surface area contributed by atoms with Gasteiger partial charge in [0.25, 0.3) is 0 Å². The van der Waals surface area contributed by atoms with Gasteiger partial charge >= 0.3 is 0 Å². The fraction of sp³-hybridized carbons (Fsp3) is 0.364. The van der Waals surface area contributed by atoms with E-state index in [0.29, 0.717) is 5.56 Å². The highest BCUT2D eigenvalue weighted by Crippen LogP contribution is 2.06. The number of amidine groups is 1. The topological polar surface area (TPSA) is 96.0 Å². The van der Waals surface area contributed by atoms with Gasteiger partial charge in [-0.3, -0.25) is 5.41 Å². The highest BCUT2D eigenvalue weighted by molar-refractivity contribution is 7.90. The van der Waals surface area contributed by atoms with E-state index >= 15 is 0 Å². The summed E-state index contributed by atoms with van der Waals surface area (Å²) >= 11 is 0. The zero-order chi connectivity index (χ0) is 13.1. The average molecular weight is 255 g/mol. The van der Waals surface area contributed by atoms with Gasteiger partial charge in [0.05, 0.1) is 5.25 Å². The van der Waals surface area contributed by atoms with Crippen molar-refractivity contribution < 1.29 is 8.42 Å². The summed E-state index contributed by atoms with van der Waals surface area (Å²) in [6.07, 6.45) is 0. The summed E-state index contributed by atoms with van der Waals surface area (Å²) in [5, 5.41) is 6.83. The quantitative estimate of drug-likeness (QED) is 0.536. The summed E-state index contributed by atoms with van der Waals surface area (Å²) < 4.78 is 25.6. The minimum Gasteiger partial charge on any atom is -0.384 e. The van der Waals surface area contributed by atoms with Crippen LogP contribution in [0.4, 0.5) is 0 Å². The van der Waals surface area contributed by atoms with E-state index in [-0.39, 0.29) is 12.4 Å². The number of sulfonamides is 1. The van der Waals surface area contributed by atoms with Crippen LogP contribution in [-0.2, 0) is 16.6 Å². The Bertz CT molecular complexity index is 509. The maximum absolute atomic E-state index is 11.5.